The number of hydrogen-bond acceptors (Lipinski definition) is 5. The molecule has 2 aliphatic rings. The highest BCUT2D eigenvalue weighted by Gasteiger charge is 2.51. The molecule has 0 aromatic carbocycles. The summed E-state index contributed by atoms with van der Waals surface area (Å²) in [5, 5.41) is 20.1. The van der Waals surface area contributed by atoms with Gasteiger partial charge in [0.05, 0.1) is 6.10 Å². The first kappa shape index (κ1) is 15.9. The van der Waals surface area contributed by atoms with Crippen molar-refractivity contribution < 1.29 is 19.8 Å². The van der Waals surface area contributed by atoms with Gasteiger partial charge in [-0.15, -0.1) is 0 Å². The lowest BCUT2D eigenvalue weighted by Crippen LogP contribution is -2.56. The number of piperidine rings is 1. The standard InChI is InChI=1S/C17H22N2O4/c1-11(20)13-4-5-15(18-9-13)19-7-6-14(21)17(10-19,16(22)23)8-12-2-3-12/h4-5,9,12,14,21H,2-3,6-8,10H2,1H3,(H,22,23)/t14-,17-/m0/s1. The Labute approximate surface area is 135 Å². The van der Waals surface area contributed by atoms with Crippen LogP contribution in [0.5, 0.6) is 0 Å². The lowest BCUT2D eigenvalue weighted by molar-refractivity contribution is -0.158. The van der Waals surface area contributed by atoms with Gasteiger partial charge in [0, 0.05) is 24.8 Å². The molecule has 1 aromatic heterocycles. The van der Waals surface area contributed by atoms with Crippen molar-refractivity contribution in [2.75, 3.05) is 18.0 Å². The minimum atomic E-state index is -1.12. The summed E-state index contributed by atoms with van der Waals surface area (Å²) in [6.07, 6.45) is 3.72. The third-order valence-corrected chi connectivity index (χ3v) is 5.04. The molecule has 2 fully saturated rings. The molecule has 6 heteroatoms. The summed E-state index contributed by atoms with van der Waals surface area (Å²) < 4.78 is 0. The number of rotatable bonds is 5. The second kappa shape index (κ2) is 5.92. The first-order chi connectivity index (χ1) is 10.9. The number of aromatic nitrogens is 1. The van der Waals surface area contributed by atoms with Crippen molar-refractivity contribution in [1.82, 2.24) is 4.98 Å². The van der Waals surface area contributed by atoms with Crippen molar-refractivity contribution >= 4 is 17.6 Å². The zero-order valence-electron chi connectivity index (χ0n) is 13.2. The zero-order valence-corrected chi connectivity index (χ0v) is 13.2. The van der Waals surface area contributed by atoms with Crippen LogP contribution in [0.15, 0.2) is 18.3 Å². The van der Waals surface area contributed by atoms with Crippen molar-refractivity contribution in [2.45, 2.75) is 38.7 Å². The molecule has 1 saturated heterocycles. The number of anilines is 1. The number of Topliss-reactive ketones (excluding diaryl/α,β-unsaturated/α-hetero) is 1. The van der Waals surface area contributed by atoms with Gasteiger partial charge >= 0.3 is 5.97 Å². The molecule has 0 amide bonds. The molecule has 124 valence electrons. The highest BCUT2D eigenvalue weighted by molar-refractivity contribution is 5.93. The molecule has 6 nitrogen and oxygen atoms in total. The van der Waals surface area contributed by atoms with Crippen molar-refractivity contribution in [1.29, 1.82) is 0 Å². The molecule has 2 N–H and O–H groups in total. The number of carbonyl (C=O) groups is 2. The molecule has 1 aliphatic heterocycles. The average Bonchev–Trinajstić information content (AvgIpc) is 3.33. The van der Waals surface area contributed by atoms with Crippen molar-refractivity contribution in [2.24, 2.45) is 11.3 Å². The maximum atomic E-state index is 11.9. The maximum absolute atomic E-state index is 11.9. The van der Waals surface area contributed by atoms with Gasteiger partial charge in [-0.1, -0.05) is 12.8 Å². The van der Waals surface area contributed by atoms with E-state index in [2.05, 4.69) is 4.98 Å². The number of aliphatic hydroxyl groups excluding tert-OH is 1. The Kier molecular flexibility index (Phi) is 4.10. The topological polar surface area (TPSA) is 90.7 Å². The van der Waals surface area contributed by atoms with Crippen LogP contribution in [-0.4, -0.2) is 46.1 Å². The molecule has 1 saturated carbocycles. The maximum Gasteiger partial charge on any atom is 0.314 e. The third kappa shape index (κ3) is 3.08. The van der Waals surface area contributed by atoms with Gasteiger partial charge in [0.2, 0.25) is 0 Å². The van der Waals surface area contributed by atoms with Gasteiger partial charge in [-0.05, 0) is 37.8 Å². The van der Waals surface area contributed by atoms with Crippen LogP contribution in [0.2, 0.25) is 0 Å². The third-order valence-electron chi connectivity index (χ3n) is 5.04. The van der Waals surface area contributed by atoms with E-state index in [1.165, 1.54) is 13.1 Å². The highest BCUT2D eigenvalue weighted by Crippen LogP contribution is 2.45. The quantitative estimate of drug-likeness (QED) is 0.804. The van der Waals surface area contributed by atoms with Crippen LogP contribution in [0.4, 0.5) is 5.82 Å². The molecule has 23 heavy (non-hydrogen) atoms. The number of carboxylic acids is 1. The van der Waals surface area contributed by atoms with Crippen molar-refractivity contribution in [3.8, 4) is 0 Å². The molecule has 2 heterocycles. The molecule has 2 atom stereocenters. The van der Waals surface area contributed by atoms with Gasteiger partial charge in [0.1, 0.15) is 11.2 Å². The second-order valence-corrected chi connectivity index (χ2v) is 6.80. The minimum Gasteiger partial charge on any atom is -0.481 e. The van der Waals surface area contributed by atoms with E-state index in [0.717, 1.165) is 12.8 Å². The number of aliphatic hydroxyl groups is 1. The first-order valence-electron chi connectivity index (χ1n) is 8.06. The fourth-order valence-corrected chi connectivity index (χ4v) is 3.39. The van der Waals surface area contributed by atoms with E-state index in [1.54, 1.807) is 12.1 Å². The fourth-order valence-electron chi connectivity index (χ4n) is 3.39. The average molecular weight is 318 g/mol. The van der Waals surface area contributed by atoms with E-state index in [-0.39, 0.29) is 12.3 Å². The Hall–Kier alpha value is -1.95. The number of aliphatic carboxylic acids is 1. The Bertz CT molecular complexity index is 612. The van der Waals surface area contributed by atoms with E-state index in [9.17, 15) is 19.8 Å². The predicted octanol–water partition coefficient (Wildman–Crippen LogP) is 1.73. The summed E-state index contributed by atoms with van der Waals surface area (Å²) in [6.45, 7) is 2.30. The molecule has 1 aromatic rings. The van der Waals surface area contributed by atoms with Crippen molar-refractivity contribution in [3.63, 3.8) is 0 Å². The van der Waals surface area contributed by atoms with Gasteiger partial charge in [-0.2, -0.15) is 0 Å². The van der Waals surface area contributed by atoms with E-state index in [0.29, 0.717) is 36.7 Å². The van der Waals surface area contributed by atoms with Crippen LogP contribution in [0.3, 0.4) is 0 Å². The van der Waals surface area contributed by atoms with Crippen LogP contribution >= 0.6 is 0 Å². The van der Waals surface area contributed by atoms with Crippen LogP contribution in [0.1, 0.15) is 43.0 Å². The van der Waals surface area contributed by atoms with Crippen LogP contribution in [0.25, 0.3) is 0 Å². The fraction of sp³-hybridized carbons (Fsp3) is 0.588. The minimum absolute atomic E-state index is 0.0493. The van der Waals surface area contributed by atoms with Crippen LogP contribution in [0, 0.1) is 11.3 Å². The zero-order chi connectivity index (χ0) is 16.6. The largest absolute Gasteiger partial charge is 0.481 e. The summed E-state index contributed by atoms with van der Waals surface area (Å²) in [5.41, 5.74) is -0.589. The molecule has 0 radical (unpaired) electrons. The van der Waals surface area contributed by atoms with Gasteiger partial charge < -0.3 is 15.1 Å². The summed E-state index contributed by atoms with van der Waals surface area (Å²) in [5.74, 6) is 0.0887. The van der Waals surface area contributed by atoms with Gasteiger partial charge in [0.15, 0.2) is 5.78 Å². The molecule has 1 aliphatic carbocycles. The van der Waals surface area contributed by atoms with Crippen LogP contribution < -0.4 is 4.90 Å². The number of hydrogen-bond donors (Lipinski definition) is 2. The van der Waals surface area contributed by atoms with E-state index in [4.69, 9.17) is 0 Å². The lowest BCUT2D eigenvalue weighted by Gasteiger charge is -2.44. The van der Waals surface area contributed by atoms with Gasteiger partial charge in [-0.3, -0.25) is 9.59 Å². The van der Waals surface area contributed by atoms with E-state index in [1.807, 2.05) is 4.90 Å². The Balaban J connectivity index is 1.83. The molecular formula is C17H22N2O4. The number of ketones is 1. The number of pyridine rings is 1. The summed E-state index contributed by atoms with van der Waals surface area (Å²) in [7, 11) is 0. The monoisotopic (exact) mass is 318 g/mol. The Morgan fingerprint density at radius 3 is 2.61 bits per heavy atom. The van der Waals surface area contributed by atoms with Gasteiger partial charge in [-0.25, -0.2) is 4.98 Å². The summed E-state index contributed by atoms with van der Waals surface area (Å²) in [6, 6.07) is 3.46. The molecule has 3 rings (SSSR count). The molecule has 0 bridgehead atoms. The second-order valence-electron chi connectivity index (χ2n) is 6.80. The SMILES string of the molecule is CC(=O)c1ccc(N2CC[C@H](O)[C@@](CC3CC3)(C(=O)O)C2)nc1. The number of carbonyl (C=O) groups excluding carboxylic acids is 1. The van der Waals surface area contributed by atoms with Gasteiger partial charge in [0.25, 0.3) is 0 Å². The highest BCUT2D eigenvalue weighted by atomic mass is 16.4. The smallest absolute Gasteiger partial charge is 0.314 e. The Morgan fingerprint density at radius 2 is 2.09 bits per heavy atom. The molecular weight excluding hydrogens is 296 g/mol. The summed E-state index contributed by atoms with van der Waals surface area (Å²) >= 11 is 0. The summed E-state index contributed by atoms with van der Waals surface area (Å²) in [4.78, 5) is 29.5. The van der Waals surface area contributed by atoms with E-state index < -0.39 is 17.5 Å². The normalized spacial score (nSPS) is 27.7. The predicted molar refractivity (Wildman–Crippen MR) is 84.5 cm³/mol. The number of carboxylic acid groups (broad SMARTS) is 1. The molecule has 0 unspecified atom stereocenters. The first-order valence-corrected chi connectivity index (χ1v) is 8.06. The van der Waals surface area contributed by atoms with E-state index >= 15 is 0 Å². The van der Waals surface area contributed by atoms with Crippen molar-refractivity contribution in [3.05, 3.63) is 23.9 Å². The lowest BCUT2D eigenvalue weighted by atomic mass is 9.73. The Morgan fingerprint density at radius 1 is 1.35 bits per heavy atom. The van der Waals surface area contributed by atoms with Crippen LogP contribution in [-0.2, 0) is 4.79 Å². The molecule has 0 spiro atoms. The number of nitrogens with zero attached hydrogens (tertiary/aromatic N) is 2.